The maximum absolute atomic E-state index is 11.0. The van der Waals surface area contributed by atoms with Gasteiger partial charge in [-0.05, 0) is 32.0 Å². The van der Waals surface area contributed by atoms with Crippen LogP contribution < -0.4 is 5.32 Å². The van der Waals surface area contributed by atoms with Crippen molar-refractivity contribution in [3.05, 3.63) is 44.7 Å². The number of hydrogen-bond acceptors (Lipinski definition) is 4. The number of thiophene rings is 1. The minimum atomic E-state index is -1.05. The number of aromatic nitrogens is 1. The van der Waals surface area contributed by atoms with Crippen LogP contribution in [0.1, 0.15) is 27.0 Å². The van der Waals surface area contributed by atoms with E-state index in [0.29, 0.717) is 5.82 Å². The molecule has 106 valence electrons. The molecular weight excluding hydrogens is 296 g/mol. The highest BCUT2D eigenvalue weighted by Crippen LogP contribution is 2.25. The van der Waals surface area contributed by atoms with Crippen LogP contribution in [-0.2, 0) is 6.42 Å². The quantitative estimate of drug-likeness (QED) is 0.880. The highest BCUT2D eigenvalue weighted by Gasteiger charge is 2.15. The molecular formula is C14H15ClN2O2S. The van der Waals surface area contributed by atoms with Crippen LogP contribution in [0.25, 0.3) is 0 Å². The maximum Gasteiger partial charge on any atom is 0.337 e. The van der Waals surface area contributed by atoms with Crippen LogP contribution in [0, 0.1) is 6.92 Å². The number of nitrogens with one attached hydrogen (secondary N) is 1. The number of anilines is 1. The van der Waals surface area contributed by atoms with E-state index in [2.05, 4.69) is 29.4 Å². The number of aromatic carboxylic acids is 1. The molecule has 0 amide bonds. The van der Waals surface area contributed by atoms with Gasteiger partial charge in [-0.15, -0.1) is 11.3 Å². The summed E-state index contributed by atoms with van der Waals surface area (Å²) in [5.41, 5.74) is 0.0586. The monoisotopic (exact) mass is 310 g/mol. The molecule has 0 saturated carbocycles. The summed E-state index contributed by atoms with van der Waals surface area (Å²) in [5.74, 6) is -0.644. The van der Waals surface area contributed by atoms with E-state index in [1.807, 2.05) is 6.92 Å². The molecule has 0 aliphatic heterocycles. The summed E-state index contributed by atoms with van der Waals surface area (Å²) in [5, 5.41) is 12.3. The van der Waals surface area contributed by atoms with Crippen molar-refractivity contribution < 1.29 is 9.90 Å². The molecule has 6 heteroatoms. The minimum Gasteiger partial charge on any atom is -0.478 e. The number of pyridine rings is 1. The molecule has 0 aromatic carbocycles. The first-order chi connectivity index (χ1) is 9.47. The number of halogens is 1. The first-order valence-electron chi connectivity index (χ1n) is 6.17. The lowest BCUT2D eigenvalue weighted by Crippen LogP contribution is -2.19. The smallest absolute Gasteiger partial charge is 0.337 e. The largest absolute Gasteiger partial charge is 0.478 e. The molecule has 2 aromatic heterocycles. The summed E-state index contributed by atoms with van der Waals surface area (Å²) in [6, 6.07) is 5.69. The standard InChI is InChI=1S/C14H15ClN2O2S/c1-8(7-10-4-3-9(2)20-10)17-13-12(15)11(14(18)19)5-6-16-13/h3-6,8H,7H2,1-2H3,(H,16,17)(H,18,19). The van der Waals surface area contributed by atoms with Crippen LogP contribution in [0.5, 0.6) is 0 Å². The van der Waals surface area contributed by atoms with Crippen molar-refractivity contribution >= 4 is 34.7 Å². The molecule has 20 heavy (non-hydrogen) atoms. The maximum atomic E-state index is 11.0. The van der Waals surface area contributed by atoms with Crippen LogP contribution in [0.4, 0.5) is 5.82 Å². The fraction of sp³-hybridized carbons (Fsp3) is 0.286. The summed E-state index contributed by atoms with van der Waals surface area (Å²) >= 11 is 7.80. The summed E-state index contributed by atoms with van der Waals surface area (Å²) < 4.78 is 0. The van der Waals surface area contributed by atoms with Gasteiger partial charge < -0.3 is 10.4 Å². The van der Waals surface area contributed by atoms with E-state index in [0.717, 1.165) is 6.42 Å². The average Bonchev–Trinajstić information content (AvgIpc) is 2.77. The number of carboxylic acids is 1. The molecule has 4 nitrogen and oxygen atoms in total. The lowest BCUT2D eigenvalue weighted by molar-refractivity contribution is 0.0697. The third-order valence-electron chi connectivity index (χ3n) is 2.81. The van der Waals surface area contributed by atoms with Crippen molar-refractivity contribution in [3.63, 3.8) is 0 Å². The number of rotatable bonds is 5. The minimum absolute atomic E-state index is 0.0586. The second-order valence-corrected chi connectivity index (χ2v) is 6.34. The van der Waals surface area contributed by atoms with E-state index >= 15 is 0 Å². The van der Waals surface area contributed by atoms with Gasteiger partial charge in [-0.2, -0.15) is 0 Å². The van der Waals surface area contributed by atoms with E-state index in [1.165, 1.54) is 22.0 Å². The Labute approximate surface area is 126 Å². The van der Waals surface area contributed by atoms with Gasteiger partial charge in [0.05, 0.1) is 10.6 Å². The molecule has 2 heterocycles. The normalized spacial score (nSPS) is 12.2. The van der Waals surface area contributed by atoms with Gasteiger partial charge in [0, 0.05) is 28.4 Å². The van der Waals surface area contributed by atoms with Gasteiger partial charge in [0.1, 0.15) is 5.82 Å². The highest BCUT2D eigenvalue weighted by molar-refractivity contribution is 7.11. The van der Waals surface area contributed by atoms with E-state index in [1.54, 1.807) is 11.3 Å². The van der Waals surface area contributed by atoms with Crippen LogP contribution in [0.3, 0.4) is 0 Å². The average molecular weight is 311 g/mol. The molecule has 2 aromatic rings. The third-order valence-corrected chi connectivity index (χ3v) is 4.21. The van der Waals surface area contributed by atoms with Crippen molar-refractivity contribution in [1.82, 2.24) is 4.98 Å². The van der Waals surface area contributed by atoms with Gasteiger partial charge in [-0.1, -0.05) is 11.6 Å². The molecule has 0 radical (unpaired) electrons. The number of carbonyl (C=O) groups is 1. The molecule has 0 aliphatic rings. The van der Waals surface area contributed by atoms with E-state index < -0.39 is 5.97 Å². The third kappa shape index (κ3) is 3.49. The van der Waals surface area contributed by atoms with Crippen LogP contribution >= 0.6 is 22.9 Å². The topological polar surface area (TPSA) is 62.2 Å². The van der Waals surface area contributed by atoms with Crippen LogP contribution in [0.15, 0.2) is 24.4 Å². The summed E-state index contributed by atoms with van der Waals surface area (Å²) in [6.45, 7) is 4.08. The Balaban J connectivity index is 2.09. The number of carboxylic acid groups (broad SMARTS) is 1. The van der Waals surface area contributed by atoms with E-state index in [9.17, 15) is 4.79 Å². The molecule has 0 aliphatic carbocycles. The Morgan fingerprint density at radius 1 is 1.50 bits per heavy atom. The van der Waals surface area contributed by atoms with Gasteiger partial charge in [0.25, 0.3) is 0 Å². The molecule has 1 atom stereocenters. The van der Waals surface area contributed by atoms with E-state index in [-0.39, 0.29) is 16.6 Å². The van der Waals surface area contributed by atoms with Crippen LogP contribution in [-0.4, -0.2) is 22.1 Å². The predicted molar refractivity (Wildman–Crippen MR) is 82.1 cm³/mol. The SMILES string of the molecule is Cc1ccc(CC(C)Nc2nccc(C(=O)O)c2Cl)s1. The zero-order valence-corrected chi connectivity index (χ0v) is 12.8. The second kappa shape index (κ2) is 6.24. The summed E-state index contributed by atoms with van der Waals surface area (Å²) in [6.07, 6.45) is 2.29. The number of hydrogen-bond donors (Lipinski definition) is 2. The Hall–Kier alpha value is -1.59. The van der Waals surface area contributed by atoms with Gasteiger partial charge in [0.2, 0.25) is 0 Å². The molecule has 2 rings (SSSR count). The zero-order chi connectivity index (χ0) is 14.7. The molecule has 0 bridgehead atoms. The fourth-order valence-electron chi connectivity index (χ4n) is 1.89. The van der Waals surface area contributed by atoms with Crippen molar-refractivity contribution in [3.8, 4) is 0 Å². The van der Waals surface area contributed by atoms with Gasteiger partial charge in [-0.25, -0.2) is 9.78 Å². The lowest BCUT2D eigenvalue weighted by Gasteiger charge is -2.15. The molecule has 0 saturated heterocycles. The van der Waals surface area contributed by atoms with Gasteiger partial charge >= 0.3 is 5.97 Å². The Bertz CT molecular complexity index is 627. The molecule has 0 fully saturated rings. The van der Waals surface area contributed by atoms with E-state index in [4.69, 9.17) is 16.7 Å². The highest BCUT2D eigenvalue weighted by atomic mass is 35.5. The Morgan fingerprint density at radius 2 is 2.25 bits per heavy atom. The van der Waals surface area contributed by atoms with Crippen molar-refractivity contribution in [2.24, 2.45) is 0 Å². The molecule has 1 unspecified atom stereocenters. The van der Waals surface area contributed by atoms with Gasteiger partial charge in [0.15, 0.2) is 0 Å². The number of nitrogens with zero attached hydrogens (tertiary/aromatic N) is 1. The van der Waals surface area contributed by atoms with Crippen molar-refractivity contribution in [2.45, 2.75) is 26.3 Å². The Morgan fingerprint density at radius 3 is 2.85 bits per heavy atom. The Kier molecular flexibility index (Phi) is 4.62. The van der Waals surface area contributed by atoms with Crippen molar-refractivity contribution in [1.29, 1.82) is 0 Å². The van der Waals surface area contributed by atoms with Gasteiger partial charge in [-0.3, -0.25) is 0 Å². The zero-order valence-electron chi connectivity index (χ0n) is 11.2. The first-order valence-corrected chi connectivity index (χ1v) is 7.36. The summed E-state index contributed by atoms with van der Waals surface area (Å²) in [4.78, 5) is 17.7. The predicted octanol–water partition coefficient (Wildman–Crippen LogP) is 3.85. The summed E-state index contributed by atoms with van der Waals surface area (Å²) in [7, 11) is 0. The lowest BCUT2D eigenvalue weighted by atomic mass is 10.2. The fourth-order valence-corrected chi connectivity index (χ4v) is 3.16. The van der Waals surface area contributed by atoms with Crippen molar-refractivity contribution in [2.75, 3.05) is 5.32 Å². The molecule has 2 N–H and O–H groups in total. The molecule has 0 spiro atoms. The number of aryl methyl sites for hydroxylation is 1. The first kappa shape index (κ1) is 14.8. The second-order valence-electron chi connectivity index (χ2n) is 4.59. The van der Waals surface area contributed by atoms with Crippen LogP contribution in [0.2, 0.25) is 5.02 Å².